The van der Waals surface area contributed by atoms with Crippen molar-refractivity contribution >= 4 is 17.4 Å². The molecule has 0 N–H and O–H groups in total. The van der Waals surface area contributed by atoms with E-state index in [1.807, 2.05) is 0 Å². The summed E-state index contributed by atoms with van der Waals surface area (Å²) in [7, 11) is 0. The first kappa shape index (κ1) is 13.2. The molecule has 0 aliphatic rings. The first-order valence-corrected chi connectivity index (χ1v) is 5.66. The van der Waals surface area contributed by atoms with Crippen LogP contribution in [0.1, 0.15) is 44.0 Å². The fourth-order valence-electron chi connectivity index (χ4n) is 1.30. The first-order valence-electron chi connectivity index (χ1n) is 5.28. The Balaban J connectivity index is 2.70. The molecule has 0 heterocycles. The molecule has 88 valence electrons. The number of halogens is 2. The monoisotopic (exact) mass is 242 g/mol. The zero-order valence-electron chi connectivity index (χ0n) is 9.81. The van der Waals surface area contributed by atoms with Crippen molar-refractivity contribution < 1.29 is 9.18 Å². The predicted molar refractivity (Wildman–Crippen MR) is 64.4 cm³/mol. The molecular weight excluding hydrogens is 227 g/mol. The minimum absolute atomic E-state index is 0.0366. The van der Waals surface area contributed by atoms with Crippen molar-refractivity contribution in [2.45, 2.75) is 33.6 Å². The van der Waals surface area contributed by atoms with Crippen LogP contribution in [0.25, 0.3) is 0 Å². The molecule has 3 heteroatoms. The second-order valence-electron chi connectivity index (χ2n) is 5.11. The van der Waals surface area contributed by atoms with E-state index >= 15 is 0 Å². The molecule has 0 amide bonds. The van der Waals surface area contributed by atoms with Gasteiger partial charge in [0, 0.05) is 12.0 Å². The van der Waals surface area contributed by atoms with E-state index < -0.39 is 5.82 Å². The van der Waals surface area contributed by atoms with Crippen molar-refractivity contribution in [1.29, 1.82) is 0 Å². The Morgan fingerprint density at radius 1 is 1.38 bits per heavy atom. The van der Waals surface area contributed by atoms with Gasteiger partial charge >= 0.3 is 0 Å². The Labute approximate surface area is 101 Å². The number of hydrogen-bond donors (Lipinski definition) is 0. The molecule has 0 saturated carbocycles. The maximum absolute atomic E-state index is 13.1. The SMILES string of the molecule is CC(C)(C)CCC(=O)c1ccc(Cl)c(F)c1. The minimum Gasteiger partial charge on any atom is -0.294 e. The number of ketones is 1. The molecule has 0 aromatic heterocycles. The van der Waals surface area contributed by atoms with Gasteiger partial charge in [-0.3, -0.25) is 4.79 Å². The molecule has 0 aliphatic carbocycles. The number of rotatable bonds is 3. The second kappa shape index (κ2) is 4.96. The molecular formula is C13H16ClFO. The number of Topliss-reactive ketones (excluding diaryl/α,β-unsaturated/α-hetero) is 1. The van der Waals surface area contributed by atoms with Crippen LogP contribution in [0.3, 0.4) is 0 Å². The first-order chi connectivity index (χ1) is 7.29. The zero-order chi connectivity index (χ0) is 12.3. The van der Waals surface area contributed by atoms with Gasteiger partial charge in [-0.05, 0) is 30.0 Å². The van der Waals surface area contributed by atoms with Gasteiger partial charge in [0.25, 0.3) is 0 Å². The van der Waals surface area contributed by atoms with Crippen LogP contribution in [-0.4, -0.2) is 5.78 Å². The van der Waals surface area contributed by atoms with Crippen molar-refractivity contribution in [2.24, 2.45) is 5.41 Å². The van der Waals surface area contributed by atoms with Gasteiger partial charge in [0.15, 0.2) is 5.78 Å². The average Bonchev–Trinajstić information content (AvgIpc) is 2.17. The van der Waals surface area contributed by atoms with Crippen LogP contribution in [0.15, 0.2) is 18.2 Å². The summed E-state index contributed by atoms with van der Waals surface area (Å²) in [6, 6.07) is 4.19. The Bertz CT molecular complexity index is 393. The third kappa shape index (κ3) is 3.93. The molecule has 1 aromatic carbocycles. The van der Waals surface area contributed by atoms with Crippen molar-refractivity contribution in [3.8, 4) is 0 Å². The second-order valence-corrected chi connectivity index (χ2v) is 5.52. The van der Waals surface area contributed by atoms with Crippen LogP contribution < -0.4 is 0 Å². The maximum Gasteiger partial charge on any atom is 0.162 e. The predicted octanol–water partition coefficient (Wildman–Crippen LogP) is 4.49. The third-order valence-corrected chi connectivity index (χ3v) is 2.65. The van der Waals surface area contributed by atoms with Gasteiger partial charge in [-0.25, -0.2) is 4.39 Å². The highest BCUT2D eigenvalue weighted by atomic mass is 35.5. The molecule has 0 bridgehead atoms. The van der Waals surface area contributed by atoms with Crippen LogP contribution in [-0.2, 0) is 0 Å². The minimum atomic E-state index is -0.539. The zero-order valence-corrected chi connectivity index (χ0v) is 10.6. The van der Waals surface area contributed by atoms with Crippen molar-refractivity contribution in [3.63, 3.8) is 0 Å². The highest BCUT2D eigenvalue weighted by Gasteiger charge is 2.14. The fraction of sp³-hybridized carbons (Fsp3) is 0.462. The Morgan fingerprint density at radius 2 is 2.00 bits per heavy atom. The molecule has 1 rings (SSSR count). The molecule has 1 nitrogen and oxygen atoms in total. The van der Waals surface area contributed by atoms with E-state index in [1.54, 1.807) is 6.07 Å². The van der Waals surface area contributed by atoms with Gasteiger partial charge in [0.05, 0.1) is 5.02 Å². The molecule has 0 aliphatic heterocycles. The lowest BCUT2D eigenvalue weighted by molar-refractivity contribution is 0.0965. The normalized spacial score (nSPS) is 11.6. The van der Waals surface area contributed by atoms with Crippen LogP contribution in [0.2, 0.25) is 5.02 Å². The van der Waals surface area contributed by atoms with Crippen molar-refractivity contribution in [3.05, 3.63) is 34.6 Å². The molecule has 0 radical (unpaired) electrons. The van der Waals surface area contributed by atoms with Crippen LogP contribution in [0, 0.1) is 11.2 Å². The summed E-state index contributed by atoms with van der Waals surface area (Å²) in [5, 5.41) is 0.0485. The van der Waals surface area contributed by atoms with E-state index in [-0.39, 0.29) is 16.2 Å². The molecule has 0 atom stereocenters. The lowest BCUT2D eigenvalue weighted by atomic mass is 9.88. The van der Waals surface area contributed by atoms with Crippen molar-refractivity contribution in [1.82, 2.24) is 0 Å². The van der Waals surface area contributed by atoms with Crippen LogP contribution in [0.4, 0.5) is 4.39 Å². The summed E-state index contributed by atoms with van der Waals surface area (Å²) in [5.41, 5.74) is 0.506. The van der Waals surface area contributed by atoms with E-state index in [9.17, 15) is 9.18 Å². The van der Waals surface area contributed by atoms with Crippen LogP contribution >= 0.6 is 11.6 Å². The summed E-state index contributed by atoms with van der Waals surface area (Å²) in [6.07, 6.45) is 1.22. The topological polar surface area (TPSA) is 17.1 Å². The summed E-state index contributed by atoms with van der Waals surface area (Å²) in [4.78, 5) is 11.7. The van der Waals surface area contributed by atoms with E-state index in [0.717, 1.165) is 6.42 Å². The standard InChI is InChI=1S/C13H16ClFO/c1-13(2,3)7-6-12(16)9-4-5-10(14)11(15)8-9/h4-5,8H,6-7H2,1-3H3. The van der Waals surface area contributed by atoms with Crippen LogP contribution in [0.5, 0.6) is 0 Å². The van der Waals surface area contributed by atoms with Gasteiger partial charge in [-0.15, -0.1) is 0 Å². The molecule has 0 saturated heterocycles. The van der Waals surface area contributed by atoms with Gasteiger partial charge < -0.3 is 0 Å². The van der Waals surface area contributed by atoms with E-state index in [1.165, 1.54) is 12.1 Å². The quantitative estimate of drug-likeness (QED) is 0.714. The van der Waals surface area contributed by atoms with Gasteiger partial charge in [-0.2, -0.15) is 0 Å². The summed E-state index contributed by atoms with van der Waals surface area (Å²) in [5.74, 6) is -0.575. The average molecular weight is 243 g/mol. The van der Waals surface area contributed by atoms with Gasteiger partial charge in [0.1, 0.15) is 5.82 Å². The molecule has 0 spiro atoms. The Kier molecular flexibility index (Phi) is 4.09. The Hall–Kier alpha value is -0.890. The lowest BCUT2D eigenvalue weighted by Gasteiger charge is -2.17. The highest BCUT2D eigenvalue weighted by molar-refractivity contribution is 6.30. The fourth-order valence-corrected chi connectivity index (χ4v) is 1.42. The van der Waals surface area contributed by atoms with E-state index in [4.69, 9.17) is 11.6 Å². The number of benzene rings is 1. The molecule has 0 unspecified atom stereocenters. The van der Waals surface area contributed by atoms with Crippen molar-refractivity contribution in [2.75, 3.05) is 0 Å². The molecule has 16 heavy (non-hydrogen) atoms. The largest absolute Gasteiger partial charge is 0.294 e. The highest BCUT2D eigenvalue weighted by Crippen LogP contribution is 2.23. The number of hydrogen-bond acceptors (Lipinski definition) is 1. The molecule has 1 aromatic rings. The summed E-state index contributed by atoms with van der Waals surface area (Å²) >= 11 is 5.55. The summed E-state index contributed by atoms with van der Waals surface area (Å²) < 4.78 is 13.1. The number of carbonyl (C=O) groups excluding carboxylic acids is 1. The van der Waals surface area contributed by atoms with Gasteiger partial charge in [-0.1, -0.05) is 32.4 Å². The molecule has 0 fully saturated rings. The lowest BCUT2D eigenvalue weighted by Crippen LogP contribution is -2.09. The maximum atomic E-state index is 13.1. The number of carbonyl (C=O) groups is 1. The van der Waals surface area contributed by atoms with Gasteiger partial charge in [0.2, 0.25) is 0 Å². The van der Waals surface area contributed by atoms with E-state index in [2.05, 4.69) is 20.8 Å². The smallest absolute Gasteiger partial charge is 0.162 e. The Morgan fingerprint density at radius 3 is 2.50 bits per heavy atom. The van der Waals surface area contributed by atoms with E-state index in [0.29, 0.717) is 12.0 Å². The third-order valence-electron chi connectivity index (χ3n) is 2.34. The summed E-state index contributed by atoms with van der Waals surface area (Å²) in [6.45, 7) is 6.22.